The normalized spacial score (nSPS) is 17.9. The van der Waals surface area contributed by atoms with Crippen molar-refractivity contribution in [2.45, 2.75) is 64.8 Å². The molecule has 1 aliphatic carbocycles. The monoisotopic (exact) mass is 357 g/mol. The molecule has 0 atom stereocenters. The van der Waals surface area contributed by atoms with Crippen molar-refractivity contribution in [1.82, 2.24) is 4.57 Å². The van der Waals surface area contributed by atoms with Crippen LogP contribution in [0.2, 0.25) is 0 Å². The van der Waals surface area contributed by atoms with Crippen LogP contribution >= 0.6 is 0 Å². The average Bonchev–Trinajstić information content (AvgIpc) is 3.33. The van der Waals surface area contributed by atoms with Gasteiger partial charge in [0.1, 0.15) is 11.2 Å². The van der Waals surface area contributed by atoms with Gasteiger partial charge in [0.15, 0.2) is 11.4 Å². The Morgan fingerprint density at radius 1 is 0.926 bits per heavy atom. The molecule has 5 rings (SSSR count). The molecular weight excluding hydrogens is 328 g/mol. The van der Waals surface area contributed by atoms with Gasteiger partial charge in [-0.15, -0.1) is 0 Å². The minimum absolute atomic E-state index is 0.0114. The lowest BCUT2D eigenvalue weighted by Gasteiger charge is -2.22. The number of aromatic nitrogens is 2. The summed E-state index contributed by atoms with van der Waals surface area (Å²) in [7, 11) is 0. The fourth-order valence-electron chi connectivity index (χ4n) is 5.55. The zero-order valence-electron chi connectivity index (χ0n) is 16.9. The van der Waals surface area contributed by atoms with Crippen LogP contribution in [0.5, 0.6) is 0 Å². The van der Waals surface area contributed by atoms with E-state index in [1.54, 1.807) is 0 Å². The Morgan fingerprint density at radius 3 is 2.33 bits per heavy atom. The van der Waals surface area contributed by atoms with Gasteiger partial charge in [-0.3, -0.25) is 0 Å². The molecule has 2 nitrogen and oxygen atoms in total. The van der Waals surface area contributed by atoms with Gasteiger partial charge < -0.3 is 0 Å². The lowest BCUT2D eigenvalue weighted by Crippen LogP contribution is -2.53. The Bertz CT molecular complexity index is 1030. The van der Waals surface area contributed by atoms with Crippen molar-refractivity contribution in [1.29, 1.82) is 0 Å². The van der Waals surface area contributed by atoms with Crippen LogP contribution in [0.3, 0.4) is 0 Å². The number of rotatable bonds is 2. The third-order valence-electron chi connectivity index (χ3n) is 6.84. The second-order valence-electron chi connectivity index (χ2n) is 8.84. The topological polar surface area (TPSA) is 8.81 Å². The average molecular weight is 358 g/mol. The van der Waals surface area contributed by atoms with E-state index in [9.17, 15) is 0 Å². The molecule has 2 aromatic carbocycles. The van der Waals surface area contributed by atoms with Crippen molar-refractivity contribution in [2.24, 2.45) is 0 Å². The molecule has 1 fully saturated rings. The van der Waals surface area contributed by atoms with Crippen molar-refractivity contribution in [2.75, 3.05) is 0 Å². The third kappa shape index (κ3) is 2.22. The van der Waals surface area contributed by atoms with E-state index in [1.165, 1.54) is 65.3 Å². The largest absolute Gasteiger partial charge is 0.266 e. The molecule has 2 heteroatoms. The highest BCUT2D eigenvalue weighted by atomic mass is 15.2. The van der Waals surface area contributed by atoms with Crippen molar-refractivity contribution in [3.63, 3.8) is 0 Å². The van der Waals surface area contributed by atoms with E-state index < -0.39 is 0 Å². The molecule has 0 bridgehead atoms. The minimum Gasteiger partial charge on any atom is -0.217 e. The molecule has 0 N–H and O–H groups in total. The van der Waals surface area contributed by atoms with Crippen LogP contribution in [0.4, 0.5) is 0 Å². The number of fused-ring (bicyclic) bond motifs is 3. The van der Waals surface area contributed by atoms with Gasteiger partial charge in [-0.05, 0) is 45.2 Å². The maximum Gasteiger partial charge on any atom is 0.266 e. The molecule has 0 spiro atoms. The predicted molar refractivity (Wildman–Crippen MR) is 111 cm³/mol. The molecular formula is C25H29N2+. The molecule has 0 amide bonds. The van der Waals surface area contributed by atoms with Crippen molar-refractivity contribution in [3.05, 3.63) is 71.2 Å². The van der Waals surface area contributed by atoms with Crippen LogP contribution in [0, 0.1) is 13.8 Å². The first kappa shape index (κ1) is 16.8. The number of hydrogen-bond acceptors (Lipinski definition) is 0. The number of hydrogen-bond donors (Lipinski definition) is 0. The highest BCUT2D eigenvalue weighted by molar-refractivity contribution is 5.69. The van der Waals surface area contributed by atoms with E-state index in [2.05, 4.69) is 85.4 Å². The van der Waals surface area contributed by atoms with Gasteiger partial charge in [-0.1, -0.05) is 55.3 Å². The minimum atomic E-state index is -0.0114. The molecule has 0 unspecified atom stereocenters. The summed E-state index contributed by atoms with van der Waals surface area (Å²) in [6.45, 7) is 9.34. The Labute approximate surface area is 162 Å². The van der Waals surface area contributed by atoms with Crippen LogP contribution in [0.15, 0.2) is 48.5 Å². The summed E-state index contributed by atoms with van der Waals surface area (Å²) in [5.41, 5.74) is 8.34. The smallest absolute Gasteiger partial charge is 0.217 e. The van der Waals surface area contributed by atoms with Crippen LogP contribution < -0.4 is 4.57 Å². The third-order valence-corrected chi connectivity index (χ3v) is 6.84. The molecule has 3 aromatic rings. The van der Waals surface area contributed by atoms with Crippen molar-refractivity contribution < 1.29 is 4.57 Å². The molecule has 2 aliphatic rings. The highest BCUT2D eigenvalue weighted by Crippen LogP contribution is 2.45. The Balaban J connectivity index is 1.89. The first-order valence-corrected chi connectivity index (χ1v) is 10.4. The van der Waals surface area contributed by atoms with Gasteiger partial charge in [0, 0.05) is 18.1 Å². The van der Waals surface area contributed by atoms with E-state index in [4.69, 9.17) is 0 Å². The number of para-hydroxylation sites is 1. The van der Waals surface area contributed by atoms with Crippen LogP contribution in [-0.2, 0) is 5.54 Å². The zero-order chi connectivity index (χ0) is 18.8. The van der Waals surface area contributed by atoms with E-state index in [0.29, 0.717) is 5.92 Å². The fraction of sp³-hybridized carbons (Fsp3) is 0.400. The molecule has 0 saturated heterocycles. The number of benzene rings is 2. The number of imidazole rings is 1. The lowest BCUT2D eigenvalue weighted by atomic mass is 9.92. The summed E-state index contributed by atoms with van der Waals surface area (Å²) in [5.74, 6) is 2.15. The summed E-state index contributed by atoms with van der Waals surface area (Å²) < 4.78 is 5.26. The van der Waals surface area contributed by atoms with Crippen LogP contribution in [-0.4, -0.2) is 4.57 Å². The quantitative estimate of drug-likeness (QED) is 0.512. The molecule has 27 heavy (non-hydrogen) atoms. The fourth-order valence-corrected chi connectivity index (χ4v) is 5.55. The van der Waals surface area contributed by atoms with Gasteiger partial charge in [0.25, 0.3) is 5.82 Å². The summed E-state index contributed by atoms with van der Waals surface area (Å²) in [6.07, 6.45) is 5.32. The molecule has 1 aliphatic heterocycles. The predicted octanol–water partition coefficient (Wildman–Crippen LogP) is 5.80. The van der Waals surface area contributed by atoms with Crippen LogP contribution in [0.1, 0.15) is 68.1 Å². The van der Waals surface area contributed by atoms with E-state index in [-0.39, 0.29) is 5.54 Å². The van der Waals surface area contributed by atoms with E-state index in [1.807, 2.05) is 0 Å². The highest BCUT2D eigenvalue weighted by Gasteiger charge is 2.49. The maximum absolute atomic E-state index is 2.68. The van der Waals surface area contributed by atoms with Gasteiger partial charge in [-0.2, -0.15) is 4.57 Å². The standard InChI is InChI=1S/C25H29N2/c1-17-11-5-10-16-22(17)26-18(2)23-20-14-8-9-15-21(20)25(3,4)27(23)24(26)19-12-6-7-13-19/h5,8-11,14-16,19H,6-7,12-13H2,1-4H3/q+1. The van der Waals surface area contributed by atoms with Crippen molar-refractivity contribution in [3.8, 4) is 16.9 Å². The SMILES string of the molecule is Cc1ccccc1-n1c(C)c2[n+](c1C1CCCC1)C(C)(C)c1ccccc1-2. The van der Waals surface area contributed by atoms with Gasteiger partial charge in [0.05, 0.1) is 5.92 Å². The first-order chi connectivity index (χ1) is 13.0. The summed E-state index contributed by atoms with van der Waals surface area (Å²) in [5, 5.41) is 0. The molecule has 2 heterocycles. The zero-order valence-corrected chi connectivity index (χ0v) is 16.9. The Kier molecular flexibility index (Phi) is 3.62. The second kappa shape index (κ2) is 5.82. The van der Waals surface area contributed by atoms with Gasteiger partial charge >= 0.3 is 0 Å². The number of nitrogens with zero attached hydrogens (tertiary/aromatic N) is 2. The number of aryl methyl sites for hydroxylation is 1. The molecule has 1 saturated carbocycles. The van der Waals surface area contributed by atoms with Crippen molar-refractivity contribution >= 4 is 0 Å². The molecule has 138 valence electrons. The lowest BCUT2D eigenvalue weighted by molar-refractivity contribution is -0.739. The summed E-state index contributed by atoms with van der Waals surface area (Å²) in [6, 6.07) is 17.8. The van der Waals surface area contributed by atoms with Crippen LogP contribution in [0.25, 0.3) is 16.9 Å². The Morgan fingerprint density at radius 2 is 1.59 bits per heavy atom. The van der Waals surface area contributed by atoms with Gasteiger partial charge in [-0.25, -0.2) is 4.57 Å². The second-order valence-corrected chi connectivity index (χ2v) is 8.84. The maximum atomic E-state index is 2.68. The first-order valence-electron chi connectivity index (χ1n) is 10.4. The van der Waals surface area contributed by atoms with E-state index >= 15 is 0 Å². The molecule has 1 aromatic heterocycles. The molecule has 0 radical (unpaired) electrons. The van der Waals surface area contributed by atoms with E-state index in [0.717, 1.165) is 0 Å². The summed E-state index contributed by atoms with van der Waals surface area (Å²) >= 11 is 0. The Hall–Kier alpha value is -2.35. The van der Waals surface area contributed by atoms with Gasteiger partial charge in [0.2, 0.25) is 0 Å². The summed E-state index contributed by atoms with van der Waals surface area (Å²) in [4.78, 5) is 0.